The van der Waals surface area contributed by atoms with Crippen molar-refractivity contribution >= 4 is 0 Å². The predicted octanol–water partition coefficient (Wildman–Crippen LogP) is 3.75. The van der Waals surface area contributed by atoms with E-state index in [2.05, 4.69) is 38.2 Å². The number of aryl methyl sites for hydroxylation is 2. The second kappa shape index (κ2) is 8.40. The molecule has 0 amide bonds. The fraction of sp³-hybridized carbons (Fsp3) is 0.667. The van der Waals surface area contributed by atoms with E-state index in [1.807, 2.05) is 0 Å². The highest BCUT2D eigenvalue weighted by atomic mass is 16.5. The summed E-state index contributed by atoms with van der Waals surface area (Å²) < 4.78 is 11.7. The Balaban J connectivity index is 1.81. The molecule has 0 radical (unpaired) electrons. The van der Waals surface area contributed by atoms with Crippen molar-refractivity contribution in [2.45, 2.75) is 59.1 Å². The van der Waals surface area contributed by atoms with E-state index in [4.69, 9.17) is 9.47 Å². The van der Waals surface area contributed by atoms with Gasteiger partial charge in [-0.2, -0.15) is 0 Å². The monoisotopic (exact) mass is 291 g/mol. The summed E-state index contributed by atoms with van der Waals surface area (Å²) in [5.41, 5.74) is 3.80. The summed E-state index contributed by atoms with van der Waals surface area (Å²) in [7, 11) is 0. The first-order valence-corrected chi connectivity index (χ1v) is 8.26. The number of nitrogens with one attached hydrogen (secondary N) is 1. The number of benzene rings is 1. The molecule has 1 aliphatic heterocycles. The number of hydrogen-bond acceptors (Lipinski definition) is 3. The molecule has 2 rings (SSSR count). The molecular formula is C18H29NO2. The highest BCUT2D eigenvalue weighted by Crippen LogP contribution is 2.25. The summed E-state index contributed by atoms with van der Waals surface area (Å²) in [5, 5.41) is 3.37. The maximum atomic E-state index is 6.01. The molecule has 0 saturated carbocycles. The van der Waals surface area contributed by atoms with Crippen LogP contribution in [0.5, 0.6) is 5.75 Å². The zero-order chi connectivity index (χ0) is 15.1. The van der Waals surface area contributed by atoms with Crippen LogP contribution in [0.15, 0.2) is 12.1 Å². The maximum Gasteiger partial charge on any atom is 0.125 e. The average Bonchev–Trinajstić information content (AvgIpc) is 2.96. The van der Waals surface area contributed by atoms with Crippen LogP contribution in [0.3, 0.4) is 0 Å². The van der Waals surface area contributed by atoms with Gasteiger partial charge >= 0.3 is 0 Å². The summed E-state index contributed by atoms with van der Waals surface area (Å²) >= 11 is 0. The van der Waals surface area contributed by atoms with Gasteiger partial charge < -0.3 is 14.8 Å². The highest BCUT2D eigenvalue weighted by molar-refractivity contribution is 5.43. The van der Waals surface area contributed by atoms with E-state index in [0.29, 0.717) is 6.10 Å². The number of rotatable bonds is 8. The smallest absolute Gasteiger partial charge is 0.125 e. The molecule has 1 heterocycles. The van der Waals surface area contributed by atoms with Crippen LogP contribution >= 0.6 is 0 Å². The summed E-state index contributed by atoms with van der Waals surface area (Å²) in [6, 6.07) is 4.45. The van der Waals surface area contributed by atoms with Crippen LogP contribution in [-0.2, 0) is 11.3 Å². The summed E-state index contributed by atoms with van der Waals surface area (Å²) in [6.07, 6.45) is 5.10. The Bertz CT molecular complexity index is 416. The third-order valence-electron chi connectivity index (χ3n) is 4.04. The van der Waals surface area contributed by atoms with Gasteiger partial charge in [0.15, 0.2) is 0 Å². The molecule has 1 fully saturated rings. The Morgan fingerprint density at radius 2 is 2.05 bits per heavy atom. The molecule has 3 heteroatoms. The summed E-state index contributed by atoms with van der Waals surface area (Å²) in [6.45, 7) is 10.1. The fourth-order valence-electron chi connectivity index (χ4n) is 3.00. The van der Waals surface area contributed by atoms with Crippen LogP contribution in [0.25, 0.3) is 0 Å². The number of ether oxygens (including phenoxy) is 2. The van der Waals surface area contributed by atoms with E-state index in [1.165, 1.54) is 29.5 Å². The van der Waals surface area contributed by atoms with Gasteiger partial charge in [-0.25, -0.2) is 0 Å². The third kappa shape index (κ3) is 5.01. The summed E-state index contributed by atoms with van der Waals surface area (Å²) in [5.74, 6) is 1.06. The van der Waals surface area contributed by atoms with Crippen molar-refractivity contribution in [2.75, 3.05) is 19.8 Å². The van der Waals surface area contributed by atoms with E-state index < -0.39 is 0 Å². The molecule has 1 aromatic rings. The zero-order valence-electron chi connectivity index (χ0n) is 13.7. The summed E-state index contributed by atoms with van der Waals surface area (Å²) in [4.78, 5) is 0. The molecule has 3 nitrogen and oxygen atoms in total. The average molecular weight is 291 g/mol. The van der Waals surface area contributed by atoms with E-state index in [1.54, 1.807) is 0 Å². The van der Waals surface area contributed by atoms with Gasteiger partial charge in [-0.15, -0.1) is 0 Å². The number of hydrogen-bond donors (Lipinski definition) is 1. The Labute approximate surface area is 129 Å². The molecule has 1 unspecified atom stereocenters. The molecule has 0 bridgehead atoms. The lowest BCUT2D eigenvalue weighted by atomic mass is 10.1. The quantitative estimate of drug-likeness (QED) is 0.740. The Hall–Kier alpha value is -1.06. The first-order chi connectivity index (χ1) is 10.2. The van der Waals surface area contributed by atoms with Gasteiger partial charge in [0, 0.05) is 13.2 Å². The lowest BCUT2D eigenvalue weighted by Gasteiger charge is -2.15. The molecule has 1 atom stereocenters. The highest BCUT2D eigenvalue weighted by Gasteiger charge is 2.15. The second-order valence-corrected chi connectivity index (χ2v) is 5.96. The fourth-order valence-corrected chi connectivity index (χ4v) is 3.00. The normalized spacial score (nSPS) is 18.1. The third-order valence-corrected chi connectivity index (χ3v) is 4.04. The van der Waals surface area contributed by atoms with Crippen molar-refractivity contribution in [1.29, 1.82) is 0 Å². The maximum absolute atomic E-state index is 6.01. The SMILES string of the molecule is CCNCc1cc(C)c(OCCCC2CCCO2)c(C)c1. The first-order valence-electron chi connectivity index (χ1n) is 8.26. The van der Waals surface area contributed by atoms with Gasteiger partial charge in [-0.05, 0) is 62.8 Å². The lowest BCUT2D eigenvalue weighted by molar-refractivity contribution is 0.0980. The Morgan fingerprint density at radius 1 is 1.29 bits per heavy atom. The van der Waals surface area contributed by atoms with E-state index in [9.17, 15) is 0 Å². The lowest BCUT2D eigenvalue weighted by Crippen LogP contribution is -2.12. The molecule has 1 N–H and O–H groups in total. The molecule has 21 heavy (non-hydrogen) atoms. The van der Waals surface area contributed by atoms with Crippen LogP contribution in [0, 0.1) is 13.8 Å². The van der Waals surface area contributed by atoms with Crippen LogP contribution < -0.4 is 10.1 Å². The van der Waals surface area contributed by atoms with Crippen molar-refractivity contribution < 1.29 is 9.47 Å². The van der Waals surface area contributed by atoms with Crippen LogP contribution in [-0.4, -0.2) is 25.9 Å². The minimum absolute atomic E-state index is 0.471. The standard InChI is InChI=1S/C18H29NO2/c1-4-19-13-16-11-14(2)18(15(3)12-16)21-10-6-8-17-7-5-9-20-17/h11-12,17,19H,4-10,13H2,1-3H3. The largest absolute Gasteiger partial charge is 0.493 e. The molecule has 0 aromatic heterocycles. The first kappa shape index (κ1) is 16.3. The van der Waals surface area contributed by atoms with Gasteiger partial charge in [0.2, 0.25) is 0 Å². The predicted molar refractivity (Wildman–Crippen MR) is 87.0 cm³/mol. The molecular weight excluding hydrogens is 262 g/mol. The van der Waals surface area contributed by atoms with Gasteiger partial charge in [-0.1, -0.05) is 19.1 Å². The van der Waals surface area contributed by atoms with Gasteiger partial charge in [0.25, 0.3) is 0 Å². The molecule has 1 aromatic carbocycles. The van der Waals surface area contributed by atoms with Gasteiger partial charge in [-0.3, -0.25) is 0 Å². The topological polar surface area (TPSA) is 30.5 Å². The van der Waals surface area contributed by atoms with Gasteiger partial charge in [0.1, 0.15) is 5.75 Å². The van der Waals surface area contributed by atoms with Crippen molar-refractivity contribution in [1.82, 2.24) is 5.32 Å². The molecule has 1 aliphatic rings. The molecule has 118 valence electrons. The second-order valence-electron chi connectivity index (χ2n) is 5.96. The molecule has 1 saturated heterocycles. The minimum Gasteiger partial charge on any atom is -0.493 e. The zero-order valence-corrected chi connectivity index (χ0v) is 13.7. The van der Waals surface area contributed by atoms with Crippen LogP contribution in [0.1, 0.15) is 49.3 Å². The van der Waals surface area contributed by atoms with Crippen molar-refractivity contribution in [2.24, 2.45) is 0 Å². The molecule has 0 spiro atoms. The van der Waals surface area contributed by atoms with Crippen LogP contribution in [0.2, 0.25) is 0 Å². The van der Waals surface area contributed by atoms with Gasteiger partial charge in [0.05, 0.1) is 12.7 Å². The van der Waals surface area contributed by atoms with E-state index in [-0.39, 0.29) is 0 Å². The van der Waals surface area contributed by atoms with Crippen molar-refractivity contribution in [3.8, 4) is 5.75 Å². The van der Waals surface area contributed by atoms with Crippen molar-refractivity contribution in [3.63, 3.8) is 0 Å². The Kier molecular flexibility index (Phi) is 6.52. The van der Waals surface area contributed by atoms with Crippen molar-refractivity contribution in [3.05, 3.63) is 28.8 Å². The Morgan fingerprint density at radius 3 is 2.67 bits per heavy atom. The van der Waals surface area contributed by atoms with Crippen LogP contribution in [0.4, 0.5) is 0 Å². The minimum atomic E-state index is 0.471. The molecule has 0 aliphatic carbocycles. The van der Waals surface area contributed by atoms with E-state index >= 15 is 0 Å². The van der Waals surface area contributed by atoms with E-state index in [0.717, 1.165) is 44.9 Å².